The van der Waals surface area contributed by atoms with Gasteiger partial charge in [0.15, 0.2) is 0 Å². The summed E-state index contributed by atoms with van der Waals surface area (Å²) < 4.78 is 9.60. The molecule has 6 nitrogen and oxygen atoms in total. The van der Waals surface area contributed by atoms with Crippen LogP contribution in [0, 0.1) is 0 Å². The lowest BCUT2D eigenvalue weighted by atomic mass is 10.0. The summed E-state index contributed by atoms with van der Waals surface area (Å²) in [6.45, 7) is 0.110. The summed E-state index contributed by atoms with van der Waals surface area (Å²) in [5.74, 6) is -1.67. The number of ether oxygens (including phenoxy) is 2. The van der Waals surface area contributed by atoms with Crippen molar-refractivity contribution < 1.29 is 23.9 Å². The molecule has 130 valence electrons. The Morgan fingerprint density at radius 2 is 1.56 bits per heavy atom. The first-order valence-electron chi connectivity index (χ1n) is 7.73. The highest BCUT2D eigenvalue weighted by Crippen LogP contribution is 2.17. The maximum Gasteiger partial charge on any atom is 0.407 e. The molecule has 0 spiro atoms. The molecule has 0 saturated carbocycles. The summed E-state index contributed by atoms with van der Waals surface area (Å²) in [5, 5.41) is 2.62. The zero-order chi connectivity index (χ0) is 18.1. The Balaban J connectivity index is 2.01. The maximum atomic E-state index is 12.1. The normalized spacial score (nSPS) is 11.2. The SMILES string of the molecule is COC(=O)C(=O)C[C@@H](NC(=O)OCc1ccccc1)c1ccccc1. The number of methoxy groups -OCH3 is 1. The van der Waals surface area contributed by atoms with E-state index in [9.17, 15) is 14.4 Å². The quantitative estimate of drug-likeness (QED) is 0.618. The second kappa shape index (κ2) is 9.22. The molecule has 2 aromatic rings. The minimum Gasteiger partial charge on any atom is -0.463 e. The number of rotatable bonds is 7. The van der Waals surface area contributed by atoms with E-state index < -0.39 is 23.9 Å². The van der Waals surface area contributed by atoms with Crippen LogP contribution in [0.15, 0.2) is 60.7 Å². The monoisotopic (exact) mass is 341 g/mol. The minimum absolute atomic E-state index is 0.110. The molecular formula is C19H19NO5. The van der Waals surface area contributed by atoms with Crippen LogP contribution < -0.4 is 5.32 Å². The van der Waals surface area contributed by atoms with Crippen LogP contribution in [0.1, 0.15) is 23.6 Å². The summed E-state index contributed by atoms with van der Waals surface area (Å²) in [6, 6.07) is 17.4. The number of carbonyl (C=O) groups excluding carboxylic acids is 3. The van der Waals surface area contributed by atoms with Crippen LogP contribution in [0.2, 0.25) is 0 Å². The van der Waals surface area contributed by atoms with Gasteiger partial charge in [0, 0.05) is 6.42 Å². The Morgan fingerprint density at radius 1 is 0.960 bits per heavy atom. The number of hydrogen-bond acceptors (Lipinski definition) is 5. The average Bonchev–Trinajstić information content (AvgIpc) is 2.66. The van der Waals surface area contributed by atoms with E-state index in [1.54, 1.807) is 24.3 Å². The smallest absolute Gasteiger partial charge is 0.407 e. The number of carbonyl (C=O) groups is 3. The number of Topliss-reactive ketones (excluding diaryl/α,β-unsaturated/α-hetero) is 1. The third kappa shape index (κ3) is 5.76. The van der Waals surface area contributed by atoms with Gasteiger partial charge in [0.1, 0.15) is 6.61 Å². The Labute approximate surface area is 145 Å². The van der Waals surface area contributed by atoms with Crippen molar-refractivity contribution >= 4 is 17.8 Å². The third-order valence-corrected chi connectivity index (χ3v) is 3.51. The van der Waals surface area contributed by atoms with Crippen LogP contribution in [0.3, 0.4) is 0 Å². The van der Waals surface area contributed by atoms with Gasteiger partial charge in [0.2, 0.25) is 5.78 Å². The summed E-state index contributed by atoms with van der Waals surface area (Å²) in [5.41, 5.74) is 1.54. The van der Waals surface area contributed by atoms with Gasteiger partial charge >= 0.3 is 12.1 Å². The lowest BCUT2D eigenvalue weighted by Gasteiger charge is -2.18. The molecule has 6 heteroatoms. The molecule has 2 aromatic carbocycles. The highest BCUT2D eigenvalue weighted by molar-refractivity contribution is 6.33. The van der Waals surface area contributed by atoms with Gasteiger partial charge in [-0.1, -0.05) is 60.7 Å². The van der Waals surface area contributed by atoms with Crippen LogP contribution in [-0.4, -0.2) is 25.0 Å². The van der Waals surface area contributed by atoms with Gasteiger partial charge < -0.3 is 14.8 Å². The lowest BCUT2D eigenvalue weighted by Crippen LogP contribution is -2.32. The number of benzene rings is 2. The van der Waals surface area contributed by atoms with E-state index in [4.69, 9.17) is 4.74 Å². The van der Waals surface area contributed by atoms with Crippen molar-refractivity contribution in [3.8, 4) is 0 Å². The van der Waals surface area contributed by atoms with E-state index >= 15 is 0 Å². The molecule has 0 aliphatic heterocycles. The van der Waals surface area contributed by atoms with Crippen molar-refractivity contribution in [2.24, 2.45) is 0 Å². The molecule has 0 unspecified atom stereocenters. The van der Waals surface area contributed by atoms with Gasteiger partial charge in [-0.3, -0.25) is 4.79 Å². The highest BCUT2D eigenvalue weighted by atomic mass is 16.5. The van der Waals surface area contributed by atoms with Gasteiger partial charge in [-0.25, -0.2) is 9.59 Å². The molecule has 0 bridgehead atoms. The largest absolute Gasteiger partial charge is 0.463 e. The maximum absolute atomic E-state index is 12.1. The van der Waals surface area contributed by atoms with Crippen LogP contribution >= 0.6 is 0 Å². The van der Waals surface area contributed by atoms with Crippen LogP contribution in [0.25, 0.3) is 0 Å². The molecule has 0 saturated heterocycles. The first-order valence-corrected chi connectivity index (χ1v) is 7.73. The molecule has 1 atom stereocenters. The van der Waals surface area contributed by atoms with Crippen molar-refractivity contribution in [3.05, 3.63) is 71.8 Å². The van der Waals surface area contributed by atoms with E-state index in [2.05, 4.69) is 10.1 Å². The minimum atomic E-state index is -0.944. The Bertz CT molecular complexity index is 715. The fourth-order valence-electron chi connectivity index (χ4n) is 2.23. The number of alkyl carbamates (subject to hydrolysis) is 1. The molecule has 0 heterocycles. The number of amides is 1. The van der Waals surface area contributed by atoms with Crippen LogP contribution in [0.4, 0.5) is 4.79 Å². The summed E-state index contributed by atoms with van der Waals surface area (Å²) in [4.78, 5) is 35.3. The van der Waals surface area contributed by atoms with Crippen LogP contribution in [0.5, 0.6) is 0 Å². The molecule has 1 N–H and O–H groups in total. The van der Waals surface area contributed by atoms with E-state index in [1.165, 1.54) is 0 Å². The van der Waals surface area contributed by atoms with E-state index in [-0.39, 0.29) is 13.0 Å². The van der Waals surface area contributed by atoms with Crippen molar-refractivity contribution in [3.63, 3.8) is 0 Å². The zero-order valence-corrected chi connectivity index (χ0v) is 13.8. The summed E-state index contributed by atoms with van der Waals surface area (Å²) >= 11 is 0. The fourth-order valence-corrected chi connectivity index (χ4v) is 2.23. The summed E-state index contributed by atoms with van der Waals surface area (Å²) in [7, 11) is 1.14. The molecule has 1 amide bonds. The Morgan fingerprint density at radius 3 is 2.16 bits per heavy atom. The topological polar surface area (TPSA) is 81.7 Å². The Hall–Kier alpha value is -3.15. The second-order valence-corrected chi connectivity index (χ2v) is 5.29. The molecular weight excluding hydrogens is 322 g/mol. The van der Waals surface area contributed by atoms with E-state index in [1.807, 2.05) is 36.4 Å². The predicted molar refractivity (Wildman–Crippen MR) is 90.6 cm³/mol. The van der Waals surface area contributed by atoms with Gasteiger partial charge in [-0.05, 0) is 11.1 Å². The second-order valence-electron chi connectivity index (χ2n) is 5.29. The number of esters is 1. The van der Waals surface area contributed by atoms with Crippen molar-refractivity contribution in [2.75, 3.05) is 7.11 Å². The van der Waals surface area contributed by atoms with Gasteiger partial charge in [-0.15, -0.1) is 0 Å². The van der Waals surface area contributed by atoms with Crippen LogP contribution in [-0.2, 0) is 25.7 Å². The van der Waals surface area contributed by atoms with Crippen molar-refractivity contribution in [2.45, 2.75) is 19.1 Å². The van der Waals surface area contributed by atoms with Crippen molar-refractivity contribution in [1.29, 1.82) is 0 Å². The molecule has 0 radical (unpaired) electrons. The number of hydrogen-bond donors (Lipinski definition) is 1. The van der Waals surface area contributed by atoms with Gasteiger partial charge in [0.25, 0.3) is 0 Å². The van der Waals surface area contributed by atoms with Gasteiger partial charge in [0.05, 0.1) is 13.2 Å². The molecule has 25 heavy (non-hydrogen) atoms. The molecule has 2 rings (SSSR count). The van der Waals surface area contributed by atoms with E-state index in [0.717, 1.165) is 12.7 Å². The third-order valence-electron chi connectivity index (χ3n) is 3.51. The Kier molecular flexibility index (Phi) is 6.71. The first-order chi connectivity index (χ1) is 12.1. The van der Waals surface area contributed by atoms with Crippen molar-refractivity contribution in [1.82, 2.24) is 5.32 Å². The standard InChI is InChI=1S/C19H19NO5/c1-24-18(22)17(21)12-16(15-10-6-3-7-11-15)20-19(23)25-13-14-8-4-2-5-9-14/h2-11,16H,12-13H2,1H3,(H,20,23)/t16-/m1/s1. The first kappa shape index (κ1) is 18.2. The van der Waals surface area contributed by atoms with E-state index in [0.29, 0.717) is 5.56 Å². The number of ketones is 1. The molecule has 0 fully saturated rings. The predicted octanol–water partition coefficient (Wildman–Crippen LogP) is 2.79. The molecule has 0 aromatic heterocycles. The van der Waals surface area contributed by atoms with Gasteiger partial charge in [-0.2, -0.15) is 0 Å². The fraction of sp³-hybridized carbons (Fsp3) is 0.211. The zero-order valence-electron chi connectivity index (χ0n) is 13.8. The highest BCUT2D eigenvalue weighted by Gasteiger charge is 2.23. The number of nitrogens with one attached hydrogen (secondary N) is 1. The lowest BCUT2D eigenvalue weighted by molar-refractivity contribution is -0.151. The molecule has 0 aliphatic carbocycles. The molecule has 0 aliphatic rings. The summed E-state index contributed by atoms with van der Waals surface area (Å²) in [6.07, 6.45) is -0.882. The average molecular weight is 341 g/mol.